The normalized spacial score (nSPS) is 18.7. The number of methoxy groups -OCH3 is 1. The van der Waals surface area contributed by atoms with Crippen LogP contribution in [0, 0.1) is 3.95 Å². The van der Waals surface area contributed by atoms with Gasteiger partial charge in [-0.2, -0.15) is 12.6 Å². The van der Waals surface area contributed by atoms with Crippen molar-refractivity contribution in [2.24, 2.45) is 0 Å². The monoisotopic (exact) mass is 435 g/mol. The Hall–Kier alpha value is -1.80. The predicted octanol–water partition coefficient (Wildman–Crippen LogP) is 5.28. The second-order valence-corrected chi connectivity index (χ2v) is 8.61. The van der Waals surface area contributed by atoms with Crippen LogP contribution in [0.5, 0.6) is 11.6 Å². The van der Waals surface area contributed by atoms with Crippen molar-refractivity contribution in [1.82, 2.24) is 4.57 Å². The minimum atomic E-state index is -0.627. The predicted molar refractivity (Wildman–Crippen MR) is 113 cm³/mol. The molecule has 0 saturated carbocycles. The van der Waals surface area contributed by atoms with Gasteiger partial charge >= 0.3 is 5.97 Å². The summed E-state index contributed by atoms with van der Waals surface area (Å²) in [5, 5.41) is 0.00476. The molecule has 0 unspecified atom stereocenters. The number of nitrogens with zero attached hydrogens (tertiary/aromatic N) is 1. The first-order chi connectivity index (χ1) is 13.0. The molecule has 3 aromatic rings. The van der Waals surface area contributed by atoms with E-state index in [-0.39, 0.29) is 5.92 Å². The van der Waals surface area contributed by atoms with Crippen molar-refractivity contribution in [3.05, 3.63) is 67.9 Å². The summed E-state index contributed by atoms with van der Waals surface area (Å²) in [6.07, 6.45) is 0. The molecule has 2 heterocycles. The maximum Gasteiger partial charge on any atom is 0.326 e. The molecule has 138 valence electrons. The molecule has 0 saturated heterocycles. The van der Waals surface area contributed by atoms with E-state index in [9.17, 15) is 4.79 Å². The molecule has 4 rings (SSSR count). The average molecular weight is 436 g/mol. The lowest BCUT2D eigenvalue weighted by Gasteiger charge is -2.27. The van der Waals surface area contributed by atoms with E-state index in [4.69, 9.17) is 33.3 Å². The lowest BCUT2D eigenvalue weighted by molar-refractivity contribution is -0.135. The van der Waals surface area contributed by atoms with E-state index in [0.29, 0.717) is 20.6 Å². The van der Waals surface area contributed by atoms with E-state index in [1.54, 1.807) is 23.8 Å². The molecule has 0 spiro atoms. The highest BCUT2D eigenvalue weighted by atomic mass is 35.5. The van der Waals surface area contributed by atoms with Gasteiger partial charge in [0.15, 0.2) is 3.95 Å². The molecule has 2 aromatic carbocycles. The molecule has 0 radical (unpaired) electrons. The molecular weight excluding hydrogens is 422 g/mol. The smallest absolute Gasteiger partial charge is 0.326 e. The Balaban J connectivity index is 1.94. The topological polar surface area (TPSA) is 40.5 Å². The van der Waals surface area contributed by atoms with E-state index in [2.05, 4.69) is 12.6 Å². The Kier molecular flexibility index (Phi) is 5.03. The molecule has 4 nitrogen and oxygen atoms in total. The number of rotatable bonds is 3. The fraction of sp³-hybridized carbons (Fsp3) is 0.158. The number of carbonyl (C=O) groups excluding carboxylic acids is 1. The first-order valence-electron chi connectivity index (χ1n) is 8.05. The third-order valence-corrected chi connectivity index (χ3v) is 6.59. The van der Waals surface area contributed by atoms with Crippen molar-refractivity contribution in [2.45, 2.75) is 11.2 Å². The average Bonchev–Trinajstić information content (AvgIpc) is 2.99. The Morgan fingerprint density at radius 2 is 1.93 bits per heavy atom. The van der Waals surface area contributed by atoms with Crippen molar-refractivity contribution in [2.75, 3.05) is 7.11 Å². The summed E-state index contributed by atoms with van der Waals surface area (Å²) in [6, 6.07) is 14.9. The van der Waals surface area contributed by atoms with Crippen LogP contribution in [0.2, 0.25) is 5.02 Å². The number of ether oxygens (including phenoxy) is 2. The van der Waals surface area contributed by atoms with Crippen LogP contribution in [-0.2, 0) is 4.79 Å². The molecule has 0 aliphatic carbocycles. The molecule has 1 aliphatic rings. The van der Waals surface area contributed by atoms with Crippen LogP contribution >= 0.6 is 47.8 Å². The molecule has 0 amide bonds. The maximum atomic E-state index is 12.6. The third-order valence-electron chi connectivity index (χ3n) is 4.39. The Labute approximate surface area is 175 Å². The second kappa shape index (κ2) is 7.31. The number of aromatic nitrogens is 1. The van der Waals surface area contributed by atoms with Gasteiger partial charge in [-0.1, -0.05) is 35.9 Å². The molecule has 0 bridgehead atoms. The Morgan fingerprint density at radius 3 is 2.63 bits per heavy atom. The number of benzene rings is 2. The largest absolute Gasteiger partial charge is 0.495 e. The lowest BCUT2D eigenvalue weighted by Crippen LogP contribution is -2.33. The van der Waals surface area contributed by atoms with Crippen molar-refractivity contribution in [3.8, 4) is 17.3 Å². The maximum absolute atomic E-state index is 12.6. The highest BCUT2D eigenvalue weighted by Gasteiger charge is 2.40. The number of halogens is 1. The SMILES string of the molecule is COc1ccccc1-n1c2c(sc1=S)[C@H](c1ccc(Cl)cc1)[C@@H](S)C(=O)O2. The number of hydrogen-bond acceptors (Lipinski definition) is 6. The molecule has 27 heavy (non-hydrogen) atoms. The zero-order chi connectivity index (χ0) is 19.1. The highest BCUT2D eigenvalue weighted by molar-refractivity contribution is 7.81. The van der Waals surface area contributed by atoms with Crippen LogP contribution in [0.4, 0.5) is 0 Å². The number of para-hydroxylation sites is 2. The van der Waals surface area contributed by atoms with Crippen LogP contribution in [0.15, 0.2) is 48.5 Å². The summed E-state index contributed by atoms with van der Waals surface area (Å²) in [6.45, 7) is 0. The van der Waals surface area contributed by atoms with Gasteiger partial charge in [0, 0.05) is 10.9 Å². The molecule has 2 atom stereocenters. The number of thiol groups is 1. The Morgan fingerprint density at radius 1 is 1.22 bits per heavy atom. The zero-order valence-corrected chi connectivity index (χ0v) is 17.4. The molecule has 1 aliphatic heterocycles. The minimum Gasteiger partial charge on any atom is -0.495 e. The lowest BCUT2D eigenvalue weighted by atomic mass is 9.92. The number of carbonyl (C=O) groups is 1. The van der Waals surface area contributed by atoms with Gasteiger partial charge in [-0.3, -0.25) is 9.36 Å². The van der Waals surface area contributed by atoms with Crippen LogP contribution in [0.3, 0.4) is 0 Å². The van der Waals surface area contributed by atoms with Gasteiger partial charge in [0.1, 0.15) is 11.0 Å². The summed E-state index contributed by atoms with van der Waals surface area (Å²) in [5.41, 5.74) is 1.66. The first kappa shape index (κ1) is 18.6. The van der Waals surface area contributed by atoms with E-state index >= 15 is 0 Å². The fourth-order valence-electron chi connectivity index (χ4n) is 3.13. The second-order valence-electron chi connectivity index (χ2n) is 5.94. The van der Waals surface area contributed by atoms with E-state index in [0.717, 1.165) is 16.1 Å². The summed E-state index contributed by atoms with van der Waals surface area (Å²) in [7, 11) is 1.59. The van der Waals surface area contributed by atoms with Crippen LogP contribution in [-0.4, -0.2) is 22.9 Å². The Bertz CT molecular complexity index is 1070. The van der Waals surface area contributed by atoms with Crippen molar-refractivity contribution >= 4 is 53.8 Å². The van der Waals surface area contributed by atoms with E-state index in [1.165, 1.54) is 11.3 Å². The summed E-state index contributed by atoms with van der Waals surface area (Å²) < 4.78 is 13.4. The fourth-order valence-corrected chi connectivity index (χ4v) is 5.26. The summed E-state index contributed by atoms with van der Waals surface area (Å²) >= 11 is 17.5. The van der Waals surface area contributed by atoms with Crippen molar-refractivity contribution < 1.29 is 14.3 Å². The van der Waals surface area contributed by atoms with Gasteiger partial charge < -0.3 is 9.47 Å². The van der Waals surface area contributed by atoms with Gasteiger partial charge in [-0.25, -0.2) is 0 Å². The number of esters is 1. The molecule has 1 aromatic heterocycles. The number of fused-ring (bicyclic) bond motifs is 1. The standard InChI is InChI=1S/C19H14ClNO3S3/c1-23-13-5-3-2-4-12(13)21-17-16(27-19(21)26)14(15(25)18(22)24-17)10-6-8-11(20)9-7-10/h2-9,14-15,25H,1H3/t14-,15-/m1/s1. The van der Waals surface area contributed by atoms with E-state index < -0.39 is 11.2 Å². The third kappa shape index (κ3) is 3.18. The molecule has 8 heteroatoms. The van der Waals surface area contributed by atoms with Crippen molar-refractivity contribution in [1.29, 1.82) is 0 Å². The quantitative estimate of drug-likeness (QED) is 0.345. The summed E-state index contributed by atoms with van der Waals surface area (Å²) in [4.78, 5) is 13.4. The number of thiazole rings is 1. The zero-order valence-electron chi connectivity index (χ0n) is 14.1. The van der Waals surface area contributed by atoms with Crippen LogP contribution < -0.4 is 9.47 Å². The van der Waals surface area contributed by atoms with Gasteiger partial charge in [-0.15, -0.1) is 11.3 Å². The number of hydrogen-bond donors (Lipinski definition) is 1. The first-order valence-corrected chi connectivity index (χ1v) is 10.2. The van der Waals surface area contributed by atoms with Crippen LogP contribution in [0.1, 0.15) is 16.4 Å². The molecule has 0 N–H and O–H groups in total. The van der Waals surface area contributed by atoms with Crippen LogP contribution in [0.25, 0.3) is 5.69 Å². The highest BCUT2D eigenvalue weighted by Crippen LogP contribution is 2.46. The molecule has 0 fully saturated rings. The van der Waals surface area contributed by atoms with Gasteiger partial charge in [0.2, 0.25) is 5.88 Å². The van der Waals surface area contributed by atoms with Crippen molar-refractivity contribution in [3.63, 3.8) is 0 Å². The van der Waals surface area contributed by atoms with E-state index in [1.807, 2.05) is 36.4 Å². The van der Waals surface area contributed by atoms with Gasteiger partial charge in [0.05, 0.1) is 17.7 Å². The van der Waals surface area contributed by atoms with Gasteiger partial charge in [-0.05, 0) is 42.0 Å². The van der Waals surface area contributed by atoms with Gasteiger partial charge in [0.25, 0.3) is 0 Å². The minimum absolute atomic E-state index is 0.274. The summed E-state index contributed by atoms with van der Waals surface area (Å²) in [5.74, 6) is 0.373. The molecular formula is C19H14ClNO3S3.